The Labute approximate surface area is 152 Å². The number of hydrogen-bond acceptors (Lipinski definition) is 4. The molecule has 0 atom stereocenters. The SMILES string of the molecule is COc1cc(C(=O)N2CCCN(Cc3c(C)n[nH]c3C)CC2)ccc1F. The van der Waals surface area contributed by atoms with E-state index in [0.717, 1.165) is 37.4 Å². The highest BCUT2D eigenvalue weighted by atomic mass is 19.1. The van der Waals surface area contributed by atoms with Crippen LogP contribution < -0.4 is 4.74 Å². The molecule has 26 heavy (non-hydrogen) atoms. The number of benzene rings is 1. The number of methoxy groups -OCH3 is 1. The average Bonchev–Trinajstić information content (AvgIpc) is 2.84. The van der Waals surface area contributed by atoms with E-state index in [0.29, 0.717) is 18.7 Å². The van der Waals surface area contributed by atoms with Crippen molar-refractivity contribution in [3.8, 4) is 5.75 Å². The van der Waals surface area contributed by atoms with E-state index in [-0.39, 0.29) is 11.7 Å². The van der Waals surface area contributed by atoms with Gasteiger partial charge in [0.2, 0.25) is 0 Å². The maximum Gasteiger partial charge on any atom is 0.254 e. The largest absolute Gasteiger partial charge is 0.494 e. The first-order valence-corrected chi connectivity index (χ1v) is 8.85. The lowest BCUT2D eigenvalue weighted by atomic mass is 10.1. The summed E-state index contributed by atoms with van der Waals surface area (Å²) in [6, 6.07) is 4.26. The Balaban J connectivity index is 1.65. The Hall–Kier alpha value is -2.41. The minimum Gasteiger partial charge on any atom is -0.494 e. The summed E-state index contributed by atoms with van der Waals surface area (Å²) in [6.45, 7) is 7.95. The van der Waals surface area contributed by atoms with Crippen molar-refractivity contribution < 1.29 is 13.9 Å². The zero-order valence-electron chi connectivity index (χ0n) is 15.5. The Morgan fingerprint density at radius 2 is 2.08 bits per heavy atom. The molecule has 1 aliphatic heterocycles. The summed E-state index contributed by atoms with van der Waals surface area (Å²) in [7, 11) is 1.40. The molecule has 0 aliphatic carbocycles. The van der Waals surface area contributed by atoms with Gasteiger partial charge in [0.25, 0.3) is 5.91 Å². The number of carbonyl (C=O) groups is 1. The van der Waals surface area contributed by atoms with Gasteiger partial charge in [-0.3, -0.25) is 14.8 Å². The lowest BCUT2D eigenvalue weighted by Crippen LogP contribution is -2.35. The molecule has 1 amide bonds. The highest BCUT2D eigenvalue weighted by Gasteiger charge is 2.22. The molecule has 140 valence electrons. The number of nitrogens with zero attached hydrogens (tertiary/aromatic N) is 3. The molecule has 0 saturated carbocycles. The molecule has 1 aromatic carbocycles. The molecule has 2 heterocycles. The maximum atomic E-state index is 13.6. The molecule has 3 rings (SSSR count). The zero-order chi connectivity index (χ0) is 18.7. The smallest absolute Gasteiger partial charge is 0.254 e. The van der Waals surface area contributed by atoms with Gasteiger partial charge in [-0.15, -0.1) is 0 Å². The van der Waals surface area contributed by atoms with Gasteiger partial charge in [-0.2, -0.15) is 5.10 Å². The van der Waals surface area contributed by atoms with Gasteiger partial charge in [0.1, 0.15) is 0 Å². The van der Waals surface area contributed by atoms with E-state index in [1.54, 1.807) is 0 Å². The maximum absolute atomic E-state index is 13.6. The van der Waals surface area contributed by atoms with Crippen molar-refractivity contribution in [1.29, 1.82) is 0 Å². The van der Waals surface area contributed by atoms with Gasteiger partial charge in [-0.05, 0) is 38.5 Å². The van der Waals surface area contributed by atoms with Crippen LogP contribution in [0.25, 0.3) is 0 Å². The minimum atomic E-state index is -0.461. The number of H-pyrrole nitrogens is 1. The Morgan fingerprint density at radius 1 is 1.27 bits per heavy atom. The molecule has 0 radical (unpaired) electrons. The van der Waals surface area contributed by atoms with Crippen LogP contribution in [0.5, 0.6) is 5.75 Å². The Bertz CT molecular complexity index is 770. The first kappa shape index (κ1) is 18.4. The number of aryl methyl sites for hydroxylation is 2. The highest BCUT2D eigenvalue weighted by Crippen LogP contribution is 2.20. The molecule has 1 fully saturated rings. The van der Waals surface area contributed by atoms with Gasteiger partial charge in [0.15, 0.2) is 11.6 Å². The van der Waals surface area contributed by atoms with Crippen LogP contribution in [-0.4, -0.2) is 59.2 Å². The van der Waals surface area contributed by atoms with Gasteiger partial charge in [0, 0.05) is 49.5 Å². The third kappa shape index (κ3) is 3.88. The number of ether oxygens (including phenoxy) is 1. The number of carbonyl (C=O) groups excluding carboxylic acids is 1. The normalized spacial score (nSPS) is 15.8. The van der Waals surface area contributed by atoms with Crippen molar-refractivity contribution in [2.24, 2.45) is 0 Å². The van der Waals surface area contributed by atoms with E-state index >= 15 is 0 Å². The fraction of sp³-hybridized carbons (Fsp3) is 0.474. The quantitative estimate of drug-likeness (QED) is 0.910. The first-order chi connectivity index (χ1) is 12.5. The number of hydrogen-bond donors (Lipinski definition) is 1. The fourth-order valence-corrected chi connectivity index (χ4v) is 3.34. The van der Waals surface area contributed by atoms with Crippen molar-refractivity contribution in [3.05, 3.63) is 46.5 Å². The Morgan fingerprint density at radius 3 is 2.77 bits per heavy atom. The van der Waals surface area contributed by atoms with Crippen LogP contribution in [0.1, 0.15) is 33.7 Å². The van der Waals surface area contributed by atoms with Crippen molar-refractivity contribution in [2.45, 2.75) is 26.8 Å². The molecule has 7 heteroatoms. The number of halogens is 1. The van der Waals surface area contributed by atoms with Crippen LogP contribution in [0.4, 0.5) is 4.39 Å². The van der Waals surface area contributed by atoms with E-state index in [1.165, 1.54) is 30.9 Å². The molecular formula is C19H25FN4O2. The molecule has 2 aromatic rings. The summed E-state index contributed by atoms with van der Waals surface area (Å²) in [5.41, 5.74) is 3.81. The van der Waals surface area contributed by atoms with Crippen LogP contribution >= 0.6 is 0 Å². The van der Waals surface area contributed by atoms with Crippen molar-refractivity contribution in [2.75, 3.05) is 33.3 Å². The van der Waals surface area contributed by atoms with Crippen LogP contribution in [0.2, 0.25) is 0 Å². The van der Waals surface area contributed by atoms with Gasteiger partial charge in [-0.25, -0.2) is 4.39 Å². The predicted molar refractivity (Wildman–Crippen MR) is 96.8 cm³/mol. The minimum absolute atomic E-state index is 0.0826. The summed E-state index contributed by atoms with van der Waals surface area (Å²) in [6.07, 6.45) is 0.903. The van der Waals surface area contributed by atoms with Gasteiger partial charge < -0.3 is 9.64 Å². The summed E-state index contributed by atoms with van der Waals surface area (Å²) in [5.74, 6) is -0.448. The molecule has 1 N–H and O–H groups in total. The Kier molecular flexibility index (Phi) is 5.56. The van der Waals surface area contributed by atoms with E-state index in [1.807, 2.05) is 18.7 Å². The van der Waals surface area contributed by atoms with Crippen LogP contribution in [-0.2, 0) is 6.54 Å². The molecular weight excluding hydrogens is 335 g/mol. The van der Waals surface area contributed by atoms with Gasteiger partial charge >= 0.3 is 0 Å². The second kappa shape index (κ2) is 7.86. The van der Waals surface area contributed by atoms with E-state index in [9.17, 15) is 9.18 Å². The van der Waals surface area contributed by atoms with E-state index in [2.05, 4.69) is 15.1 Å². The second-order valence-corrected chi connectivity index (χ2v) is 6.68. The van der Waals surface area contributed by atoms with Crippen molar-refractivity contribution in [3.63, 3.8) is 0 Å². The molecule has 0 bridgehead atoms. The van der Waals surface area contributed by atoms with E-state index in [4.69, 9.17) is 4.74 Å². The first-order valence-electron chi connectivity index (χ1n) is 8.85. The topological polar surface area (TPSA) is 61.5 Å². The van der Waals surface area contributed by atoms with Crippen LogP contribution in [0.3, 0.4) is 0 Å². The standard InChI is InChI=1S/C19H25FN4O2/c1-13-16(14(2)22-21-13)12-23-7-4-8-24(10-9-23)19(25)15-5-6-17(20)18(11-15)26-3/h5-6,11H,4,7-10,12H2,1-3H3,(H,21,22). The lowest BCUT2D eigenvalue weighted by molar-refractivity contribution is 0.0760. The van der Waals surface area contributed by atoms with Crippen LogP contribution in [0.15, 0.2) is 18.2 Å². The molecule has 0 spiro atoms. The molecule has 1 saturated heterocycles. The third-order valence-corrected chi connectivity index (χ3v) is 4.94. The number of amides is 1. The second-order valence-electron chi connectivity index (χ2n) is 6.68. The molecule has 1 aliphatic rings. The zero-order valence-corrected chi connectivity index (χ0v) is 15.5. The van der Waals surface area contributed by atoms with Gasteiger partial charge in [-0.1, -0.05) is 0 Å². The van der Waals surface area contributed by atoms with Crippen molar-refractivity contribution >= 4 is 5.91 Å². The van der Waals surface area contributed by atoms with Gasteiger partial charge in [0.05, 0.1) is 12.8 Å². The molecule has 0 unspecified atom stereocenters. The average molecular weight is 360 g/mol. The lowest BCUT2D eigenvalue weighted by Gasteiger charge is -2.22. The number of rotatable bonds is 4. The number of aromatic nitrogens is 2. The summed E-state index contributed by atoms with van der Waals surface area (Å²) >= 11 is 0. The van der Waals surface area contributed by atoms with Crippen LogP contribution in [0, 0.1) is 19.7 Å². The number of aromatic amines is 1. The summed E-state index contributed by atoms with van der Waals surface area (Å²) in [5, 5.41) is 7.27. The highest BCUT2D eigenvalue weighted by molar-refractivity contribution is 5.94. The van der Waals surface area contributed by atoms with E-state index < -0.39 is 5.82 Å². The monoisotopic (exact) mass is 360 g/mol. The number of nitrogens with one attached hydrogen (secondary N) is 1. The third-order valence-electron chi connectivity index (χ3n) is 4.94. The molecule has 6 nitrogen and oxygen atoms in total. The predicted octanol–water partition coefficient (Wildman–Crippen LogP) is 2.52. The van der Waals surface area contributed by atoms with Crippen molar-refractivity contribution in [1.82, 2.24) is 20.0 Å². The summed E-state index contributed by atoms with van der Waals surface area (Å²) < 4.78 is 18.6. The summed E-state index contributed by atoms with van der Waals surface area (Å²) in [4.78, 5) is 17.0. The molecule has 1 aromatic heterocycles. The fourth-order valence-electron chi connectivity index (χ4n) is 3.34.